The molecule has 0 saturated heterocycles. The van der Waals surface area contributed by atoms with Crippen LogP contribution in [0.2, 0.25) is 0 Å². The van der Waals surface area contributed by atoms with Gasteiger partial charge in [0, 0.05) is 69.2 Å². The smallest absolute Gasteiger partial charge is 0.337 e. The molecular formula is C36H42N4O4. The molecule has 0 saturated carbocycles. The number of hydrogen-bond acceptors (Lipinski definition) is 7. The molecule has 0 aliphatic carbocycles. The van der Waals surface area contributed by atoms with Crippen molar-refractivity contribution in [1.82, 2.24) is 9.55 Å². The molecule has 0 fully saturated rings. The maximum absolute atomic E-state index is 12.1. The van der Waals surface area contributed by atoms with E-state index in [0.717, 1.165) is 64.5 Å². The van der Waals surface area contributed by atoms with Crippen molar-refractivity contribution in [3.8, 4) is 33.9 Å². The van der Waals surface area contributed by atoms with Crippen molar-refractivity contribution in [1.29, 1.82) is 0 Å². The van der Waals surface area contributed by atoms with Gasteiger partial charge in [0.25, 0.3) is 0 Å². The molecule has 8 nitrogen and oxygen atoms in total. The van der Waals surface area contributed by atoms with Crippen LogP contribution in [0.25, 0.3) is 39.5 Å². The predicted molar refractivity (Wildman–Crippen MR) is 179 cm³/mol. The van der Waals surface area contributed by atoms with Crippen LogP contribution in [0.1, 0.15) is 31.2 Å². The molecule has 44 heavy (non-hydrogen) atoms. The third-order valence-corrected chi connectivity index (χ3v) is 7.70. The minimum Gasteiger partial charge on any atom is -0.469 e. The molecule has 0 aliphatic heterocycles. The van der Waals surface area contributed by atoms with Gasteiger partial charge < -0.3 is 23.8 Å². The number of ether oxygens (including phenoxy) is 2. The molecular weight excluding hydrogens is 552 g/mol. The second kappa shape index (κ2) is 14.6. The molecule has 230 valence electrons. The largest absolute Gasteiger partial charge is 0.469 e. The van der Waals surface area contributed by atoms with Crippen LogP contribution in [0.5, 0.6) is 0 Å². The average Bonchev–Trinajstić information content (AvgIpc) is 3.43. The van der Waals surface area contributed by atoms with Gasteiger partial charge in [-0.15, -0.1) is 0 Å². The Bertz CT molecular complexity index is 1590. The van der Waals surface area contributed by atoms with Crippen LogP contribution in [-0.4, -0.2) is 63.9 Å². The van der Waals surface area contributed by atoms with E-state index in [1.807, 2.05) is 52.5 Å². The van der Waals surface area contributed by atoms with E-state index in [4.69, 9.17) is 14.5 Å². The highest BCUT2D eigenvalue weighted by atomic mass is 16.5. The number of esters is 2. The molecule has 8 heteroatoms. The topological polar surface area (TPSA) is 76.9 Å². The first kappa shape index (κ1) is 32.1. The summed E-state index contributed by atoms with van der Waals surface area (Å²) in [5.74, 6) is 0.178. The van der Waals surface area contributed by atoms with Crippen molar-refractivity contribution >= 4 is 28.9 Å². The van der Waals surface area contributed by atoms with Crippen LogP contribution < -0.4 is 9.80 Å². The summed E-state index contributed by atoms with van der Waals surface area (Å²) in [6, 6.07) is 24.7. The van der Waals surface area contributed by atoms with E-state index in [1.165, 1.54) is 14.2 Å². The minimum absolute atomic E-state index is 0.188. The van der Waals surface area contributed by atoms with Gasteiger partial charge in [-0.05, 0) is 42.7 Å². The van der Waals surface area contributed by atoms with Crippen LogP contribution in [0.15, 0.2) is 79.4 Å². The van der Waals surface area contributed by atoms with Crippen LogP contribution in [0.4, 0.5) is 11.4 Å². The van der Waals surface area contributed by atoms with E-state index in [0.29, 0.717) is 24.1 Å². The molecule has 0 aliphatic rings. The number of nitrogens with zero attached hydrogens (tertiary/aromatic N) is 4. The number of methoxy groups -OCH3 is 2. The van der Waals surface area contributed by atoms with Gasteiger partial charge >= 0.3 is 11.9 Å². The predicted octanol–water partition coefficient (Wildman–Crippen LogP) is 6.94. The number of unbranched alkanes of at least 4 members (excludes halogenated alkanes) is 2. The monoisotopic (exact) mass is 594 g/mol. The molecule has 1 heterocycles. The zero-order chi connectivity index (χ0) is 31.8. The first-order valence-corrected chi connectivity index (χ1v) is 14.8. The molecule has 0 amide bonds. The summed E-state index contributed by atoms with van der Waals surface area (Å²) in [5.41, 5.74) is 8.13. The van der Waals surface area contributed by atoms with Crippen LogP contribution in [-0.2, 0) is 25.6 Å². The molecule has 0 radical (unpaired) electrons. The Morgan fingerprint density at radius 3 is 1.80 bits per heavy atom. The quantitative estimate of drug-likeness (QED) is 0.0943. The van der Waals surface area contributed by atoms with E-state index >= 15 is 0 Å². The minimum atomic E-state index is -0.460. The Morgan fingerprint density at radius 1 is 0.727 bits per heavy atom. The van der Waals surface area contributed by atoms with E-state index < -0.39 is 5.97 Å². The van der Waals surface area contributed by atoms with E-state index in [9.17, 15) is 9.59 Å². The number of carbonyl (C=O) groups excluding carboxylic acids is 2. The molecule has 0 atom stereocenters. The highest BCUT2D eigenvalue weighted by Crippen LogP contribution is 2.38. The van der Waals surface area contributed by atoms with Crippen LogP contribution >= 0.6 is 0 Å². The second-order valence-corrected chi connectivity index (χ2v) is 11.1. The van der Waals surface area contributed by atoms with Crippen molar-refractivity contribution in [2.24, 2.45) is 0 Å². The highest BCUT2D eigenvalue weighted by molar-refractivity contribution is 6.15. The molecule has 0 spiro atoms. The Hall–Kier alpha value is -4.85. The number of rotatable bonds is 13. The van der Waals surface area contributed by atoms with Crippen molar-refractivity contribution in [2.75, 3.05) is 52.2 Å². The summed E-state index contributed by atoms with van der Waals surface area (Å²) in [6.07, 6.45) is 2.89. The summed E-state index contributed by atoms with van der Waals surface area (Å²) < 4.78 is 12.0. The third kappa shape index (κ3) is 7.37. The Morgan fingerprint density at radius 2 is 1.27 bits per heavy atom. The molecule has 4 rings (SSSR count). The fourth-order valence-electron chi connectivity index (χ4n) is 5.10. The summed E-state index contributed by atoms with van der Waals surface area (Å²) in [6.45, 7) is 4.60. The van der Waals surface area contributed by atoms with E-state index in [2.05, 4.69) is 69.5 Å². The number of anilines is 2. The zero-order valence-electron chi connectivity index (χ0n) is 26.6. The van der Waals surface area contributed by atoms with E-state index in [1.54, 1.807) is 0 Å². The molecule has 1 aromatic heterocycles. The van der Waals surface area contributed by atoms with Crippen molar-refractivity contribution in [2.45, 2.75) is 32.2 Å². The van der Waals surface area contributed by atoms with Gasteiger partial charge in [-0.2, -0.15) is 0 Å². The zero-order valence-corrected chi connectivity index (χ0v) is 26.6. The first-order valence-electron chi connectivity index (χ1n) is 14.8. The van der Waals surface area contributed by atoms with Crippen molar-refractivity contribution in [3.63, 3.8) is 0 Å². The molecule has 0 unspecified atom stereocenters. The second-order valence-electron chi connectivity index (χ2n) is 11.1. The van der Waals surface area contributed by atoms with E-state index in [-0.39, 0.29) is 5.97 Å². The molecule has 3 aromatic carbocycles. The summed E-state index contributed by atoms with van der Waals surface area (Å²) in [5, 5.41) is 0. The maximum atomic E-state index is 12.1. The lowest BCUT2D eigenvalue weighted by Gasteiger charge is -2.16. The lowest BCUT2D eigenvalue weighted by atomic mass is 10.0. The molecule has 0 N–H and O–H groups in total. The number of hydrogen-bond donors (Lipinski definition) is 0. The molecule has 0 bridgehead atoms. The van der Waals surface area contributed by atoms with Gasteiger partial charge in [-0.3, -0.25) is 4.79 Å². The first-order chi connectivity index (χ1) is 21.1. The van der Waals surface area contributed by atoms with Gasteiger partial charge in [-0.1, -0.05) is 61.5 Å². The number of carbonyl (C=O) groups is 2. The van der Waals surface area contributed by atoms with Gasteiger partial charge in [-0.25, -0.2) is 9.78 Å². The number of aromatic nitrogens is 2. The Balaban J connectivity index is 1.85. The summed E-state index contributed by atoms with van der Waals surface area (Å²) in [4.78, 5) is 33.2. The Kier molecular flexibility index (Phi) is 10.6. The molecule has 4 aromatic rings. The fourth-order valence-corrected chi connectivity index (χ4v) is 5.10. The lowest BCUT2D eigenvalue weighted by Crippen LogP contribution is -2.08. The van der Waals surface area contributed by atoms with Crippen LogP contribution in [0, 0.1) is 0 Å². The summed E-state index contributed by atoms with van der Waals surface area (Å²) in [7, 11) is 10.9. The average molecular weight is 595 g/mol. The van der Waals surface area contributed by atoms with Crippen LogP contribution in [0.3, 0.4) is 0 Å². The summed E-state index contributed by atoms with van der Waals surface area (Å²) >= 11 is 0. The van der Waals surface area contributed by atoms with Crippen molar-refractivity contribution < 1.29 is 19.1 Å². The van der Waals surface area contributed by atoms with Gasteiger partial charge in [0.05, 0.1) is 31.2 Å². The Labute approximate surface area is 260 Å². The fraction of sp³-hybridized carbons (Fsp3) is 0.306. The normalized spacial score (nSPS) is 10.8. The SMILES string of the molecule is C=C(C(=O)OC)c1ccc(-c2nc(-c3ccc(N(C)C)cc3)c(-c3ccc(N(C)C)cc3)n2CCCCCC(=O)OC)cc1. The van der Waals surface area contributed by atoms with Gasteiger partial charge in [0.1, 0.15) is 5.82 Å². The van der Waals surface area contributed by atoms with Crippen molar-refractivity contribution in [3.05, 3.63) is 84.9 Å². The standard InChI is InChI=1S/C36H42N4O4/c1-25(36(42)44-7)26-12-14-29(15-13-26)35-37-33(27-16-20-30(21-17-27)38(2)3)34(28-18-22-31(23-19-28)39(4)5)40(35)24-10-8-9-11-32(41)43-6/h12-23H,1,8-11,24H2,2-7H3. The highest BCUT2D eigenvalue weighted by Gasteiger charge is 2.22. The third-order valence-electron chi connectivity index (χ3n) is 7.70. The maximum Gasteiger partial charge on any atom is 0.337 e. The van der Waals surface area contributed by atoms with Gasteiger partial charge in [0.15, 0.2) is 0 Å². The number of benzene rings is 3. The lowest BCUT2D eigenvalue weighted by molar-refractivity contribution is -0.140. The number of imidazole rings is 1. The van der Waals surface area contributed by atoms with Gasteiger partial charge in [0.2, 0.25) is 0 Å².